The summed E-state index contributed by atoms with van der Waals surface area (Å²) in [5.74, 6) is 0.135. The van der Waals surface area contributed by atoms with Crippen LogP contribution in [0.15, 0.2) is 24.3 Å². The van der Waals surface area contributed by atoms with Gasteiger partial charge in [-0.05, 0) is 43.7 Å². The summed E-state index contributed by atoms with van der Waals surface area (Å²) in [6.45, 7) is 2.69. The molecule has 86 valence electrons. The molecule has 1 aromatic rings. The number of nitrogens with zero attached hydrogens (tertiary/aromatic N) is 1. The number of hydrogen-bond donors (Lipinski definition) is 1. The fourth-order valence-corrected chi connectivity index (χ4v) is 2.11. The van der Waals surface area contributed by atoms with E-state index >= 15 is 0 Å². The van der Waals surface area contributed by atoms with Crippen LogP contribution in [0.4, 0.5) is 5.69 Å². The highest BCUT2D eigenvalue weighted by atomic mass is 16.1. The molecule has 1 aliphatic heterocycles. The quantitative estimate of drug-likeness (QED) is 0.784. The van der Waals surface area contributed by atoms with Crippen molar-refractivity contribution in [3.05, 3.63) is 29.8 Å². The summed E-state index contributed by atoms with van der Waals surface area (Å²) in [6, 6.07) is 7.89. The Morgan fingerprint density at radius 1 is 1.19 bits per heavy atom. The Kier molecular flexibility index (Phi) is 3.57. The normalized spacial score (nSPS) is 15.4. The molecule has 2 rings (SSSR count). The second-order valence-corrected chi connectivity index (χ2v) is 4.20. The van der Waals surface area contributed by atoms with Crippen molar-refractivity contribution in [3.8, 4) is 0 Å². The summed E-state index contributed by atoms with van der Waals surface area (Å²) in [5, 5.41) is 0. The highest BCUT2D eigenvalue weighted by Gasteiger charge is 2.12. The molecule has 1 fully saturated rings. The van der Waals surface area contributed by atoms with Gasteiger partial charge in [0.2, 0.25) is 0 Å². The lowest BCUT2D eigenvalue weighted by Crippen LogP contribution is -2.17. The number of nitrogens with two attached hydrogens (primary N) is 1. The summed E-state index contributed by atoms with van der Waals surface area (Å²) in [7, 11) is 0. The predicted octanol–water partition coefficient (Wildman–Crippen LogP) is 1.82. The van der Waals surface area contributed by atoms with E-state index in [1.807, 2.05) is 24.3 Å². The fraction of sp³-hybridized carbons (Fsp3) is 0.462. The van der Waals surface area contributed by atoms with Gasteiger partial charge in [-0.25, -0.2) is 0 Å². The molecular weight excluding hydrogens is 200 g/mol. The van der Waals surface area contributed by atoms with E-state index in [-0.39, 0.29) is 5.78 Å². The number of anilines is 1. The molecule has 3 nitrogen and oxygen atoms in total. The number of benzene rings is 1. The zero-order valence-electron chi connectivity index (χ0n) is 9.48. The van der Waals surface area contributed by atoms with E-state index in [1.165, 1.54) is 18.5 Å². The number of carbonyl (C=O) groups excluding carboxylic acids is 1. The van der Waals surface area contributed by atoms with Crippen LogP contribution in [-0.4, -0.2) is 25.4 Å². The largest absolute Gasteiger partial charge is 0.372 e. The number of hydrogen-bond acceptors (Lipinski definition) is 3. The van der Waals surface area contributed by atoms with Gasteiger partial charge in [0.1, 0.15) is 0 Å². The standard InChI is InChI=1S/C13H18N2O/c14-8-7-13(16)11-3-5-12(6-4-11)15-9-1-2-10-15/h3-6H,1-2,7-10,14H2. The van der Waals surface area contributed by atoms with Crippen LogP contribution in [0, 0.1) is 0 Å². The molecule has 0 radical (unpaired) electrons. The maximum absolute atomic E-state index is 11.6. The molecule has 16 heavy (non-hydrogen) atoms. The van der Waals surface area contributed by atoms with Crippen molar-refractivity contribution in [3.63, 3.8) is 0 Å². The van der Waals surface area contributed by atoms with Gasteiger partial charge >= 0.3 is 0 Å². The van der Waals surface area contributed by atoms with Gasteiger partial charge in [-0.15, -0.1) is 0 Å². The molecule has 0 aliphatic carbocycles. The predicted molar refractivity (Wildman–Crippen MR) is 65.9 cm³/mol. The molecule has 2 N–H and O–H groups in total. The molecule has 0 amide bonds. The second-order valence-electron chi connectivity index (χ2n) is 4.20. The highest BCUT2D eigenvalue weighted by Crippen LogP contribution is 2.20. The van der Waals surface area contributed by atoms with Crippen molar-refractivity contribution in [2.24, 2.45) is 5.73 Å². The zero-order valence-corrected chi connectivity index (χ0v) is 9.48. The Bertz CT molecular complexity index is 353. The van der Waals surface area contributed by atoms with Crippen LogP contribution >= 0.6 is 0 Å². The summed E-state index contributed by atoms with van der Waals surface area (Å²) >= 11 is 0. The number of rotatable bonds is 4. The summed E-state index contributed by atoms with van der Waals surface area (Å²) < 4.78 is 0. The highest BCUT2D eigenvalue weighted by molar-refractivity contribution is 5.96. The van der Waals surface area contributed by atoms with Crippen molar-refractivity contribution >= 4 is 11.5 Å². The lowest BCUT2D eigenvalue weighted by atomic mass is 10.1. The zero-order chi connectivity index (χ0) is 11.4. The minimum atomic E-state index is 0.135. The van der Waals surface area contributed by atoms with Crippen molar-refractivity contribution in [2.45, 2.75) is 19.3 Å². The fourth-order valence-electron chi connectivity index (χ4n) is 2.11. The molecular formula is C13H18N2O. The SMILES string of the molecule is NCCC(=O)c1ccc(N2CCCC2)cc1. The van der Waals surface area contributed by atoms with E-state index in [4.69, 9.17) is 5.73 Å². The van der Waals surface area contributed by atoms with Gasteiger partial charge in [-0.1, -0.05) is 0 Å². The Hall–Kier alpha value is -1.35. The molecule has 0 aromatic heterocycles. The summed E-state index contributed by atoms with van der Waals surface area (Å²) in [6.07, 6.45) is 2.98. The molecule has 1 aliphatic rings. The minimum Gasteiger partial charge on any atom is -0.372 e. The first-order valence-electron chi connectivity index (χ1n) is 5.89. The van der Waals surface area contributed by atoms with Gasteiger partial charge in [0, 0.05) is 30.8 Å². The van der Waals surface area contributed by atoms with Crippen molar-refractivity contribution in [1.82, 2.24) is 0 Å². The van der Waals surface area contributed by atoms with E-state index in [9.17, 15) is 4.79 Å². The van der Waals surface area contributed by atoms with Gasteiger partial charge in [0.05, 0.1) is 0 Å². The van der Waals surface area contributed by atoms with E-state index in [1.54, 1.807) is 0 Å². The molecule has 0 unspecified atom stereocenters. The van der Waals surface area contributed by atoms with E-state index in [0.29, 0.717) is 13.0 Å². The Labute approximate surface area is 96.2 Å². The first kappa shape index (κ1) is 11.1. The van der Waals surface area contributed by atoms with Crippen molar-refractivity contribution in [1.29, 1.82) is 0 Å². The van der Waals surface area contributed by atoms with Crippen molar-refractivity contribution in [2.75, 3.05) is 24.5 Å². The van der Waals surface area contributed by atoms with E-state index < -0.39 is 0 Å². The third-order valence-electron chi connectivity index (χ3n) is 3.03. The molecule has 0 spiro atoms. The second kappa shape index (κ2) is 5.12. The van der Waals surface area contributed by atoms with Gasteiger partial charge in [0.25, 0.3) is 0 Å². The topological polar surface area (TPSA) is 46.3 Å². The Morgan fingerprint density at radius 2 is 1.81 bits per heavy atom. The van der Waals surface area contributed by atoms with Gasteiger partial charge in [0.15, 0.2) is 5.78 Å². The number of carbonyl (C=O) groups is 1. The van der Waals surface area contributed by atoms with Gasteiger partial charge in [-0.2, -0.15) is 0 Å². The maximum Gasteiger partial charge on any atom is 0.164 e. The smallest absolute Gasteiger partial charge is 0.164 e. The Balaban J connectivity index is 2.06. The third kappa shape index (κ3) is 2.42. The van der Waals surface area contributed by atoms with Crippen LogP contribution in [-0.2, 0) is 0 Å². The van der Waals surface area contributed by atoms with E-state index in [0.717, 1.165) is 18.7 Å². The molecule has 1 saturated heterocycles. The molecule has 0 bridgehead atoms. The molecule has 0 atom stereocenters. The van der Waals surface area contributed by atoms with Crippen molar-refractivity contribution < 1.29 is 4.79 Å². The number of ketones is 1. The number of Topliss-reactive ketones (excluding diaryl/α,β-unsaturated/α-hetero) is 1. The van der Waals surface area contributed by atoms with E-state index in [2.05, 4.69) is 4.90 Å². The van der Waals surface area contributed by atoms with Crippen LogP contribution in [0.25, 0.3) is 0 Å². The van der Waals surface area contributed by atoms with Crippen LogP contribution in [0.3, 0.4) is 0 Å². The van der Waals surface area contributed by atoms with Gasteiger partial charge in [-0.3, -0.25) is 4.79 Å². The summed E-state index contributed by atoms with van der Waals surface area (Å²) in [5.41, 5.74) is 7.36. The summed E-state index contributed by atoms with van der Waals surface area (Å²) in [4.78, 5) is 13.9. The van der Waals surface area contributed by atoms with Gasteiger partial charge < -0.3 is 10.6 Å². The van der Waals surface area contributed by atoms with Crippen LogP contribution in [0.1, 0.15) is 29.6 Å². The van der Waals surface area contributed by atoms with Crippen LogP contribution < -0.4 is 10.6 Å². The van der Waals surface area contributed by atoms with Crippen LogP contribution in [0.5, 0.6) is 0 Å². The average Bonchev–Trinajstić information content (AvgIpc) is 2.83. The lowest BCUT2D eigenvalue weighted by molar-refractivity contribution is 0.0985. The lowest BCUT2D eigenvalue weighted by Gasteiger charge is -2.17. The Morgan fingerprint density at radius 3 is 2.38 bits per heavy atom. The first-order chi connectivity index (χ1) is 7.81. The molecule has 0 saturated carbocycles. The average molecular weight is 218 g/mol. The first-order valence-corrected chi connectivity index (χ1v) is 5.89. The maximum atomic E-state index is 11.6. The monoisotopic (exact) mass is 218 g/mol. The van der Waals surface area contributed by atoms with Crippen LogP contribution in [0.2, 0.25) is 0 Å². The minimum absolute atomic E-state index is 0.135. The molecule has 3 heteroatoms. The molecule has 1 aromatic carbocycles. The third-order valence-corrected chi connectivity index (χ3v) is 3.03. The molecule has 1 heterocycles.